The predicted octanol–water partition coefficient (Wildman–Crippen LogP) is 2.74. The minimum absolute atomic E-state index is 0.0409. The van der Waals surface area contributed by atoms with Gasteiger partial charge < -0.3 is 14.3 Å². The van der Waals surface area contributed by atoms with Gasteiger partial charge in [0, 0.05) is 12.5 Å². The zero-order valence-electron chi connectivity index (χ0n) is 11.0. The maximum Gasteiger partial charge on any atom is 0.273 e. The standard InChI is InChI=1S/C13H17NO5/c1-10(15)5-3-4-8-19-12-7-6-11(14(16)17)9-13(12)18-2/h6-7,9H,3-5,8H2,1-2H3. The Labute approximate surface area is 111 Å². The summed E-state index contributed by atoms with van der Waals surface area (Å²) in [5, 5.41) is 10.6. The van der Waals surface area contributed by atoms with Crippen molar-refractivity contribution in [3.63, 3.8) is 0 Å². The molecule has 1 rings (SSSR count). The summed E-state index contributed by atoms with van der Waals surface area (Å²) in [7, 11) is 1.43. The Balaban J connectivity index is 2.53. The lowest BCUT2D eigenvalue weighted by molar-refractivity contribution is -0.385. The predicted molar refractivity (Wildman–Crippen MR) is 69.7 cm³/mol. The second-order valence-corrected chi connectivity index (χ2v) is 4.10. The van der Waals surface area contributed by atoms with Crippen LogP contribution in [0.4, 0.5) is 5.69 Å². The molecule has 0 bridgehead atoms. The molecule has 0 heterocycles. The molecule has 0 unspecified atom stereocenters. The number of rotatable bonds is 8. The Bertz CT molecular complexity index is 458. The first-order chi connectivity index (χ1) is 9.04. The molecule has 6 heteroatoms. The summed E-state index contributed by atoms with van der Waals surface area (Å²) in [5.41, 5.74) is -0.0409. The van der Waals surface area contributed by atoms with Crippen LogP contribution in [0, 0.1) is 10.1 Å². The highest BCUT2D eigenvalue weighted by Crippen LogP contribution is 2.31. The van der Waals surface area contributed by atoms with Crippen molar-refractivity contribution in [2.45, 2.75) is 26.2 Å². The number of carbonyl (C=O) groups excluding carboxylic acids is 1. The molecule has 0 aliphatic rings. The van der Waals surface area contributed by atoms with Crippen LogP contribution in [-0.4, -0.2) is 24.4 Å². The zero-order chi connectivity index (χ0) is 14.3. The lowest BCUT2D eigenvalue weighted by atomic mass is 10.2. The second kappa shape index (κ2) is 7.35. The highest BCUT2D eigenvalue weighted by molar-refractivity contribution is 5.75. The van der Waals surface area contributed by atoms with E-state index in [2.05, 4.69) is 0 Å². The van der Waals surface area contributed by atoms with Crippen LogP contribution in [-0.2, 0) is 4.79 Å². The highest BCUT2D eigenvalue weighted by Gasteiger charge is 2.12. The third-order valence-electron chi connectivity index (χ3n) is 2.54. The molecule has 6 nitrogen and oxygen atoms in total. The fourth-order valence-electron chi connectivity index (χ4n) is 1.55. The SMILES string of the molecule is COc1cc([N+](=O)[O-])ccc1OCCCCC(C)=O. The van der Waals surface area contributed by atoms with E-state index in [1.54, 1.807) is 6.92 Å². The van der Waals surface area contributed by atoms with Crippen molar-refractivity contribution in [1.82, 2.24) is 0 Å². The monoisotopic (exact) mass is 267 g/mol. The van der Waals surface area contributed by atoms with Crippen molar-refractivity contribution in [1.29, 1.82) is 0 Å². The number of benzene rings is 1. The fourth-order valence-corrected chi connectivity index (χ4v) is 1.55. The molecule has 0 spiro atoms. The number of nitrogens with zero attached hydrogens (tertiary/aromatic N) is 1. The molecule has 0 aliphatic heterocycles. The quantitative estimate of drug-likeness (QED) is 0.411. The van der Waals surface area contributed by atoms with E-state index in [4.69, 9.17) is 9.47 Å². The van der Waals surface area contributed by atoms with E-state index >= 15 is 0 Å². The van der Waals surface area contributed by atoms with Crippen molar-refractivity contribution < 1.29 is 19.2 Å². The van der Waals surface area contributed by atoms with Gasteiger partial charge in [-0.2, -0.15) is 0 Å². The molecular weight excluding hydrogens is 250 g/mol. The second-order valence-electron chi connectivity index (χ2n) is 4.10. The Hall–Kier alpha value is -2.11. The molecule has 1 aromatic rings. The Morgan fingerprint density at radius 2 is 2.05 bits per heavy atom. The van der Waals surface area contributed by atoms with Crippen LogP contribution in [0.1, 0.15) is 26.2 Å². The summed E-state index contributed by atoms with van der Waals surface area (Å²) < 4.78 is 10.5. The van der Waals surface area contributed by atoms with Gasteiger partial charge in [-0.1, -0.05) is 0 Å². The van der Waals surface area contributed by atoms with E-state index in [0.717, 1.165) is 12.8 Å². The van der Waals surface area contributed by atoms with Gasteiger partial charge in [-0.15, -0.1) is 0 Å². The fraction of sp³-hybridized carbons (Fsp3) is 0.462. The van der Waals surface area contributed by atoms with Crippen molar-refractivity contribution >= 4 is 11.5 Å². The summed E-state index contributed by atoms with van der Waals surface area (Å²) in [6.07, 6.45) is 2.06. The van der Waals surface area contributed by atoms with Crippen LogP contribution >= 0.6 is 0 Å². The molecule has 0 atom stereocenters. The third-order valence-corrected chi connectivity index (χ3v) is 2.54. The van der Waals surface area contributed by atoms with Gasteiger partial charge in [0.15, 0.2) is 11.5 Å². The van der Waals surface area contributed by atoms with Gasteiger partial charge in [0.25, 0.3) is 5.69 Å². The minimum Gasteiger partial charge on any atom is -0.493 e. The van der Waals surface area contributed by atoms with Crippen LogP contribution < -0.4 is 9.47 Å². The number of methoxy groups -OCH3 is 1. The van der Waals surface area contributed by atoms with Crippen molar-refractivity contribution in [3.8, 4) is 11.5 Å². The molecule has 0 amide bonds. The molecule has 0 aliphatic carbocycles. The molecule has 0 saturated heterocycles. The van der Waals surface area contributed by atoms with Crippen LogP contribution in [0.25, 0.3) is 0 Å². The first-order valence-corrected chi connectivity index (χ1v) is 5.99. The lowest BCUT2D eigenvalue weighted by Crippen LogP contribution is -2.01. The maximum atomic E-state index is 10.8. The lowest BCUT2D eigenvalue weighted by Gasteiger charge is -2.10. The van der Waals surface area contributed by atoms with Crippen LogP contribution in [0.15, 0.2) is 18.2 Å². The van der Waals surface area contributed by atoms with Gasteiger partial charge in [-0.3, -0.25) is 10.1 Å². The number of Topliss-reactive ketones (excluding diaryl/α,β-unsaturated/α-hetero) is 1. The normalized spacial score (nSPS) is 10.0. The molecule has 0 fully saturated rings. The van der Waals surface area contributed by atoms with Gasteiger partial charge in [-0.25, -0.2) is 0 Å². The summed E-state index contributed by atoms with van der Waals surface area (Å²) in [6, 6.07) is 4.21. The van der Waals surface area contributed by atoms with E-state index in [1.807, 2.05) is 0 Å². The van der Waals surface area contributed by atoms with E-state index in [-0.39, 0.29) is 11.5 Å². The van der Waals surface area contributed by atoms with Gasteiger partial charge in [0.05, 0.1) is 24.7 Å². The van der Waals surface area contributed by atoms with Crippen molar-refractivity contribution in [2.24, 2.45) is 0 Å². The molecule has 1 aromatic carbocycles. The molecule has 19 heavy (non-hydrogen) atoms. The third kappa shape index (κ3) is 4.95. The molecule has 0 radical (unpaired) electrons. The average Bonchev–Trinajstić information content (AvgIpc) is 2.37. The smallest absolute Gasteiger partial charge is 0.273 e. The largest absolute Gasteiger partial charge is 0.493 e. The Kier molecular flexibility index (Phi) is 5.78. The number of nitro groups is 1. The molecule has 104 valence electrons. The maximum absolute atomic E-state index is 10.8. The molecule has 0 aromatic heterocycles. The number of ether oxygens (including phenoxy) is 2. The highest BCUT2D eigenvalue weighted by atomic mass is 16.6. The number of carbonyl (C=O) groups is 1. The number of ketones is 1. The Morgan fingerprint density at radius 3 is 2.63 bits per heavy atom. The van der Waals surface area contributed by atoms with Gasteiger partial charge >= 0.3 is 0 Å². The number of nitro benzene ring substituents is 1. The summed E-state index contributed by atoms with van der Waals surface area (Å²) in [4.78, 5) is 20.9. The number of non-ortho nitro benzene ring substituents is 1. The first kappa shape index (κ1) is 14.9. The summed E-state index contributed by atoms with van der Waals surface area (Å²) in [6.45, 7) is 2.00. The van der Waals surface area contributed by atoms with Crippen LogP contribution in [0.3, 0.4) is 0 Å². The average molecular weight is 267 g/mol. The first-order valence-electron chi connectivity index (χ1n) is 5.99. The van der Waals surface area contributed by atoms with Gasteiger partial charge in [-0.05, 0) is 25.8 Å². The topological polar surface area (TPSA) is 78.7 Å². The molecular formula is C13H17NO5. The van der Waals surface area contributed by atoms with E-state index in [9.17, 15) is 14.9 Å². The van der Waals surface area contributed by atoms with Crippen molar-refractivity contribution in [2.75, 3.05) is 13.7 Å². The summed E-state index contributed by atoms with van der Waals surface area (Å²) in [5.74, 6) is 0.963. The number of hydrogen-bond acceptors (Lipinski definition) is 5. The zero-order valence-corrected chi connectivity index (χ0v) is 11.0. The van der Waals surface area contributed by atoms with E-state index < -0.39 is 4.92 Å². The number of hydrogen-bond donors (Lipinski definition) is 0. The molecule has 0 N–H and O–H groups in total. The van der Waals surface area contributed by atoms with Crippen molar-refractivity contribution in [3.05, 3.63) is 28.3 Å². The van der Waals surface area contributed by atoms with E-state index in [1.165, 1.54) is 25.3 Å². The minimum atomic E-state index is -0.487. The van der Waals surface area contributed by atoms with Gasteiger partial charge in [0.2, 0.25) is 0 Å². The Morgan fingerprint density at radius 1 is 1.32 bits per heavy atom. The van der Waals surface area contributed by atoms with Crippen LogP contribution in [0.2, 0.25) is 0 Å². The summed E-state index contributed by atoms with van der Waals surface area (Å²) >= 11 is 0. The van der Waals surface area contributed by atoms with E-state index in [0.29, 0.717) is 24.5 Å². The number of unbranched alkanes of at least 4 members (excludes halogenated alkanes) is 1. The van der Waals surface area contributed by atoms with Gasteiger partial charge in [0.1, 0.15) is 5.78 Å². The molecule has 0 saturated carbocycles. The van der Waals surface area contributed by atoms with Crippen LogP contribution in [0.5, 0.6) is 11.5 Å².